The van der Waals surface area contributed by atoms with Gasteiger partial charge < -0.3 is 24.8 Å². The van der Waals surface area contributed by atoms with Gasteiger partial charge in [0.2, 0.25) is 5.91 Å². The van der Waals surface area contributed by atoms with Crippen molar-refractivity contribution in [1.82, 2.24) is 10.2 Å². The van der Waals surface area contributed by atoms with Gasteiger partial charge in [-0.15, -0.1) is 0 Å². The molecule has 8 heteroatoms. The van der Waals surface area contributed by atoms with Crippen LogP contribution in [0.2, 0.25) is 0 Å². The van der Waals surface area contributed by atoms with Crippen LogP contribution in [0.3, 0.4) is 0 Å². The highest BCUT2D eigenvalue weighted by Gasteiger charge is 2.40. The number of fused-ring (bicyclic) bond motifs is 3. The Morgan fingerprint density at radius 1 is 1.09 bits per heavy atom. The van der Waals surface area contributed by atoms with E-state index in [4.69, 9.17) is 9.47 Å². The van der Waals surface area contributed by atoms with E-state index in [1.165, 1.54) is 12.0 Å². The summed E-state index contributed by atoms with van der Waals surface area (Å²) in [5, 5.41) is 12.2. The largest absolute Gasteiger partial charge is 0.481 e. The van der Waals surface area contributed by atoms with Gasteiger partial charge in [0.05, 0.1) is 12.0 Å². The zero-order valence-electron chi connectivity index (χ0n) is 20.3. The average Bonchev–Trinajstić information content (AvgIpc) is 3.19. The fraction of sp³-hybridized carbons (Fsp3) is 0.444. The van der Waals surface area contributed by atoms with Gasteiger partial charge in [-0.3, -0.25) is 9.59 Å². The Kier molecular flexibility index (Phi) is 7.40. The Hall–Kier alpha value is -3.39. The summed E-state index contributed by atoms with van der Waals surface area (Å²) in [5.41, 5.74) is 4.46. The lowest BCUT2D eigenvalue weighted by Gasteiger charge is -2.40. The number of carbonyl (C=O) groups is 3. The second-order valence-electron chi connectivity index (χ2n) is 9.25. The average molecular weight is 481 g/mol. The number of piperidine rings is 1. The summed E-state index contributed by atoms with van der Waals surface area (Å²) in [6, 6.07) is 14.6. The van der Waals surface area contributed by atoms with Crippen LogP contribution in [-0.2, 0) is 19.1 Å². The zero-order chi connectivity index (χ0) is 25.1. The summed E-state index contributed by atoms with van der Waals surface area (Å²) < 4.78 is 11.0. The third kappa shape index (κ3) is 4.89. The molecule has 1 aliphatic carbocycles. The lowest BCUT2D eigenvalue weighted by Crippen LogP contribution is -2.59. The predicted octanol–water partition coefficient (Wildman–Crippen LogP) is 3.64. The fourth-order valence-corrected chi connectivity index (χ4v) is 5.25. The molecule has 2 N–H and O–H groups in total. The molecular formula is C27H32N2O6. The highest BCUT2D eigenvalue weighted by molar-refractivity contribution is 5.87. The maximum absolute atomic E-state index is 13.4. The summed E-state index contributed by atoms with van der Waals surface area (Å²) in [4.78, 5) is 39.4. The zero-order valence-corrected chi connectivity index (χ0v) is 20.3. The van der Waals surface area contributed by atoms with Crippen LogP contribution in [0.5, 0.6) is 0 Å². The van der Waals surface area contributed by atoms with E-state index >= 15 is 0 Å². The Bertz CT molecular complexity index is 1060. The van der Waals surface area contributed by atoms with E-state index in [0.29, 0.717) is 19.4 Å². The first-order chi connectivity index (χ1) is 16.8. The van der Waals surface area contributed by atoms with Crippen molar-refractivity contribution >= 4 is 18.0 Å². The van der Waals surface area contributed by atoms with Crippen molar-refractivity contribution in [2.75, 3.05) is 20.3 Å². The molecule has 8 nitrogen and oxygen atoms in total. The molecule has 0 bridgehead atoms. The van der Waals surface area contributed by atoms with Crippen LogP contribution in [0, 0.1) is 5.92 Å². The van der Waals surface area contributed by atoms with E-state index in [1.54, 1.807) is 13.8 Å². The van der Waals surface area contributed by atoms with Gasteiger partial charge in [-0.1, -0.05) is 48.5 Å². The first-order valence-corrected chi connectivity index (χ1v) is 12.0. The summed E-state index contributed by atoms with van der Waals surface area (Å²) in [5.74, 6) is -2.02. The number of ether oxygens (including phenoxy) is 2. The third-order valence-electron chi connectivity index (χ3n) is 7.31. The maximum Gasteiger partial charge on any atom is 0.407 e. The molecule has 0 spiro atoms. The number of rotatable bonds is 7. The number of hydrogen-bond donors (Lipinski definition) is 2. The molecule has 4 atom stereocenters. The number of nitrogens with zero attached hydrogens (tertiary/aromatic N) is 1. The van der Waals surface area contributed by atoms with E-state index in [-0.39, 0.29) is 18.4 Å². The smallest absolute Gasteiger partial charge is 0.407 e. The molecule has 1 heterocycles. The van der Waals surface area contributed by atoms with Crippen LogP contribution >= 0.6 is 0 Å². The first-order valence-electron chi connectivity index (χ1n) is 12.0. The van der Waals surface area contributed by atoms with Crippen LogP contribution in [0.4, 0.5) is 4.79 Å². The van der Waals surface area contributed by atoms with Crippen LogP contribution in [0.25, 0.3) is 11.1 Å². The minimum Gasteiger partial charge on any atom is -0.481 e. The molecule has 2 aromatic rings. The van der Waals surface area contributed by atoms with Gasteiger partial charge >= 0.3 is 12.1 Å². The number of carboxylic acids is 1. The number of carbonyl (C=O) groups excluding carboxylic acids is 2. The highest BCUT2D eigenvalue weighted by atomic mass is 16.5. The topological polar surface area (TPSA) is 105 Å². The first kappa shape index (κ1) is 24.7. The SMILES string of the molecule is CO[C@H](C)[C@H](NC(=O)OCC1c2ccccc2-c2ccccc21)C(=O)N1CCCC(C(=O)O)C1C. The number of benzene rings is 2. The van der Waals surface area contributed by atoms with Crippen molar-refractivity contribution in [1.29, 1.82) is 0 Å². The lowest BCUT2D eigenvalue weighted by atomic mass is 9.89. The summed E-state index contributed by atoms with van der Waals surface area (Å²) in [7, 11) is 1.46. The number of nitrogens with one attached hydrogen (secondary N) is 1. The number of carboxylic acid groups (broad SMARTS) is 1. The van der Waals surface area contributed by atoms with Crippen LogP contribution in [0.15, 0.2) is 48.5 Å². The Labute approximate surface area is 205 Å². The number of hydrogen-bond acceptors (Lipinski definition) is 5. The lowest BCUT2D eigenvalue weighted by molar-refractivity contribution is -0.150. The van der Waals surface area contributed by atoms with E-state index in [0.717, 1.165) is 22.3 Å². The number of likely N-dealkylation sites (tertiary alicyclic amines) is 1. The normalized spacial score (nSPS) is 20.9. The van der Waals surface area contributed by atoms with E-state index in [2.05, 4.69) is 17.4 Å². The van der Waals surface area contributed by atoms with Gasteiger partial charge in [0.25, 0.3) is 0 Å². The molecule has 4 rings (SSSR count). The molecule has 2 aliphatic rings. The van der Waals surface area contributed by atoms with Crippen molar-refractivity contribution in [2.45, 2.75) is 50.8 Å². The van der Waals surface area contributed by atoms with Gasteiger partial charge in [-0.25, -0.2) is 4.79 Å². The van der Waals surface area contributed by atoms with E-state index < -0.39 is 36.2 Å². The van der Waals surface area contributed by atoms with Gasteiger partial charge in [0.1, 0.15) is 12.6 Å². The standard InChI is InChI=1S/C27H32N2O6/c1-16-18(26(31)32)13-8-14-29(16)25(30)24(17(2)34-3)28-27(33)35-15-23-21-11-6-4-9-19(21)20-10-5-7-12-22(20)23/h4-7,9-12,16-18,23-24H,8,13-15H2,1-3H3,(H,28,33)(H,31,32)/t16?,17-,18?,24+/m1/s1. The van der Waals surface area contributed by atoms with Crippen molar-refractivity contribution in [3.8, 4) is 11.1 Å². The third-order valence-corrected chi connectivity index (χ3v) is 7.31. The van der Waals surface area contributed by atoms with Crippen LogP contribution in [0.1, 0.15) is 43.7 Å². The van der Waals surface area contributed by atoms with Crippen LogP contribution in [-0.4, -0.2) is 66.4 Å². The monoisotopic (exact) mass is 480 g/mol. The molecular weight excluding hydrogens is 448 g/mol. The highest BCUT2D eigenvalue weighted by Crippen LogP contribution is 2.44. The van der Waals surface area contributed by atoms with Gasteiger partial charge in [0, 0.05) is 25.6 Å². The van der Waals surface area contributed by atoms with Gasteiger partial charge in [-0.05, 0) is 48.9 Å². The second-order valence-corrected chi connectivity index (χ2v) is 9.25. The van der Waals surface area contributed by atoms with Crippen molar-refractivity contribution in [2.24, 2.45) is 5.92 Å². The van der Waals surface area contributed by atoms with Gasteiger partial charge in [0.15, 0.2) is 0 Å². The fourth-order valence-electron chi connectivity index (χ4n) is 5.25. The van der Waals surface area contributed by atoms with Crippen molar-refractivity contribution in [3.63, 3.8) is 0 Å². The Morgan fingerprint density at radius 3 is 2.26 bits per heavy atom. The molecule has 35 heavy (non-hydrogen) atoms. The molecule has 0 aromatic heterocycles. The quantitative estimate of drug-likeness (QED) is 0.627. The summed E-state index contributed by atoms with van der Waals surface area (Å²) in [6.45, 7) is 3.99. The Balaban J connectivity index is 1.45. The molecule has 1 fully saturated rings. The molecule has 0 radical (unpaired) electrons. The molecule has 2 unspecified atom stereocenters. The second kappa shape index (κ2) is 10.5. The predicted molar refractivity (Wildman–Crippen MR) is 130 cm³/mol. The molecule has 2 amide bonds. The number of methoxy groups -OCH3 is 1. The summed E-state index contributed by atoms with van der Waals surface area (Å²) >= 11 is 0. The van der Waals surface area contributed by atoms with Crippen LogP contribution < -0.4 is 5.32 Å². The Morgan fingerprint density at radius 2 is 1.69 bits per heavy atom. The molecule has 2 aromatic carbocycles. The molecule has 186 valence electrons. The van der Waals surface area contributed by atoms with Crippen molar-refractivity contribution in [3.05, 3.63) is 59.7 Å². The minimum atomic E-state index is -0.995. The summed E-state index contributed by atoms with van der Waals surface area (Å²) in [6.07, 6.45) is -0.231. The maximum atomic E-state index is 13.4. The number of aliphatic carboxylic acids is 1. The molecule has 1 saturated heterocycles. The molecule has 1 aliphatic heterocycles. The van der Waals surface area contributed by atoms with Gasteiger partial charge in [-0.2, -0.15) is 0 Å². The van der Waals surface area contributed by atoms with Crippen molar-refractivity contribution < 1.29 is 29.0 Å². The minimum absolute atomic E-state index is 0.0967. The number of amides is 2. The van der Waals surface area contributed by atoms with E-state index in [1.807, 2.05) is 36.4 Å². The number of alkyl carbamates (subject to hydrolysis) is 1. The van der Waals surface area contributed by atoms with E-state index in [9.17, 15) is 19.5 Å². The molecule has 0 saturated carbocycles.